The van der Waals surface area contributed by atoms with Gasteiger partial charge in [-0.15, -0.1) is 0 Å². The van der Waals surface area contributed by atoms with E-state index in [0.29, 0.717) is 13.2 Å². The quantitative estimate of drug-likeness (QED) is 0.681. The summed E-state index contributed by atoms with van der Waals surface area (Å²) >= 11 is 0. The van der Waals surface area contributed by atoms with Crippen molar-refractivity contribution in [3.63, 3.8) is 0 Å². The maximum Gasteiger partial charge on any atom is 0.407 e. The van der Waals surface area contributed by atoms with Crippen molar-refractivity contribution >= 4 is 6.09 Å². The molecular formula is C16H24NO2. The maximum atomic E-state index is 11.4. The molecule has 0 atom stereocenters. The summed E-state index contributed by atoms with van der Waals surface area (Å²) in [5, 5.41) is 2.77. The van der Waals surface area contributed by atoms with Crippen molar-refractivity contribution in [2.24, 2.45) is 0 Å². The summed E-state index contributed by atoms with van der Waals surface area (Å²) in [5.74, 6) is 0. The summed E-state index contributed by atoms with van der Waals surface area (Å²) in [6, 6.07) is 9.69. The Bertz CT molecular complexity index is 338. The van der Waals surface area contributed by atoms with Crippen LogP contribution in [-0.2, 0) is 11.3 Å². The topological polar surface area (TPSA) is 38.3 Å². The van der Waals surface area contributed by atoms with E-state index in [2.05, 4.69) is 12.2 Å². The monoisotopic (exact) mass is 262 g/mol. The van der Waals surface area contributed by atoms with Crippen LogP contribution in [0.4, 0.5) is 4.79 Å². The number of hydrogen-bond donors (Lipinski definition) is 1. The minimum Gasteiger partial charge on any atom is -0.445 e. The van der Waals surface area contributed by atoms with Crippen LogP contribution in [0, 0.1) is 6.92 Å². The number of carbonyl (C=O) groups is 1. The molecule has 0 spiro atoms. The van der Waals surface area contributed by atoms with Crippen LogP contribution in [-0.4, -0.2) is 12.6 Å². The molecule has 3 nitrogen and oxygen atoms in total. The standard InChI is InChI=1S/C16H24NO2/c1-2-3-4-5-6-10-13-17-16(18)19-14-15-11-8-7-9-12-15/h7-9,11-12H,1-6,10,13-14H2,(H,17,18). The fraction of sp³-hybridized carbons (Fsp3) is 0.500. The lowest BCUT2D eigenvalue weighted by Crippen LogP contribution is -2.25. The van der Waals surface area contributed by atoms with Gasteiger partial charge in [-0.05, 0) is 12.0 Å². The van der Waals surface area contributed by atoms with Gasteiger partial charge in [-0.1, -0.05) is 69.4 Å². The van der Waals surface area contributed by atoms with E-state index in [1.165, 1.54) is 19.3 Å². The highest BCUT2D eigenvalue weighted by Gasteiger charge is 2.01. The zero-order valence-electron chi connectivity index (χ0n) is 11.6. The van der Waals surface area contributed by atoms with Crippen LogP contribution in [0.15, 0.2) is 30.3 Å². The summed E-state index contributed by atoms with van der Waals surface area (Å²) in [6.07, 6.45) is 6.51. The highest BCUT2D eigenvalue weighted by Crippen LogP contribution is 2.04. The summed E-state index contributed by atoms with van der Waals surface area (Å²) in [4.78, 5) is 11.4. The van der Waals surface area contributed by atoms with Gasteiger partial charge < -0.3 is 10.1 Å². The van der Waals surface area contributed by atoms with Crippen molar-refractivity contribution in [2.75, 3.05) is 6.54 Å². The third-order valence-electron chi connectivity index (χ3n) is 2.91. The average molecular weight is 262 g/mol. The lowest BCUT2D eigenvalue weighted by molar-refractivity contribution is 0.139. The second kappa shape index (κ2) is 10.4. The van der Waals surface area contributed by atoms with Crippen LogP contribution < -0.4 is 5.32 Å². The fourth-order valence-corrected chi connectivity index (χ4v) is 1.80. The SMILES string of the molecule is [CH2]CCCCCCCNC(=O)OCc1ccccc1. The van der Waals surface area contributed by atoms with E-state index in [1.54, 1.807) is 0 Å². The number of carbonyl (C=O) groups excluding carboxylic acids is 1. The lowest BCUT2D eigenvalue weighted by Gasteiger charge is -2.07. The van der Waals surface area contributed by atoms with Gasteiger partial charge in [0.15, 0.2) is 0 Å². The number of hydrogen-bond acceptors (Lipinski definition) is 2. The summed E-state index contributed by atoms with van der Waals surface area (Å²) < 4.78 is 5.11. The van der Waals surface area contributed by atoms with Crippen molar-refractivity contribution in [1.29, 1.82) is 0 Å². The van der Waals surface area contributed by atoms with Crippen LogP contribution in [0.25, 0.3) is 0 Å². The first kappa shape index (κ1) is 15.5. The molecule has 3 heteroatoms. The minimum absolute atomic E-state index is 0.330. The average Bonchev–Trinajstić information content (AvgIpc) is 2.45. The normalized spacial score (nSPS) is 10.2. The van der Waals surface area contributed by atoms with E-state index >= 15 is 0 Å². The van der Waals surface area contributed by atoms with Crippen LogP contribution in [0.1, 0.15) is 44.1 Å². The summed E-state index contributed by atoms with van der Waals surface area (Å²) in [5.41, 5.74) is 1.01. The molecule has 1 N–H and O–H groups in total. The molecule has 1 aromatic carbocycles. The molecule has 1 radical (unpaired) electrons. The first-order chi connectivity index (χ1) is 9.33. The van der Waals surface area contributed by atoms with Crippen LogP contribution in [0.5, 0.6) is 0 Å². The number of rotatable bonds is 9. The predicted octanol–water partition coefficient (Wildman–Crippen LogP) is 4.09. The van der Waals surface area contributed by atoms with Crippen LogP contribution >= 0.6 is 0 Å². The molecule has 0 aliphatic rings. The molecule has 1 rings (SSSR count). The van der Waals surface area contributed by atoms with Crippen molar-refractivity contribution in [1.82, 2.24) is 5.32 Å². The van der Waals surface area contributed by atoms with Gasteiger partial charge in [0.25, 0.3) is 0 Å². The zero-order chi connectivity index (χ0) is 13.8. The first-order valence-electron chi connectivity index (χ1n) is 7.06. The molecule has 0 heterocycles. The van der Waals surface area contributed by atoms with Gasteiger partial charge in [0.05, 0.1) is 0 Å². The van der Waals surface area contributed by atoms with E-state index in [9.17, 15) is 4.79 Å². The Balaban J connectivity index is 1.96. The molecule has 19 heavy (non-hydrogen) atoms. The van der Waals surface area contributed by atoms with Crippen molar-refractivity contribution in [3.05, 3.63) is 42.8 Å². The van der Waals surface area contributed by atoms with Gasteiger partial charge >= 0.3 is 6.09 Å². The van der Waals surface area contributed by atoms with Crippen molar-refractivity contribution in [3.8, 4) is 0 Å². The molecule has 0 aliphatic carbocycles. The third kappa shape index (κ3) is 8.25. The Morgan fingerprint density at radius 2 is 1.74 bits per heavy atom. The Morgan fingerprint density at radius 1 is 1.05 bits per heavy atom. The number of amides is 1. The molecule has 0 unspecified atom stereocenters. The first-order valence-corrected chi connectivity index (χ1v) is 7.06. The maximum absolute atomic E-state index is 11.4. The Labute approximate surface area is 116 Å². The smallest absolute Gasteiger partial charge is 0.407 e. The highest BCUT2D eigenvalue weighted by molar-refractivity contribution is 5.67. The van der Waals surface area contributed by atoms with Gasteiger partial charge in [-0.3, -0.25) is 0 Å². The summed E-state index contributed by atoms with van der Waals surface area (Å²) in [6.45, 7) is 4.84. The molecule has 1 aromatic rings. The Kier molecular flexibility index (Phi) is 8.52. The van der Waals surface area contributed by atoms with Gasteiger partial charge in [0.1, 0.15) is 6.61 Å². The third-order valence-corrected chi connectivity index (χ3v) is 2.91. The van der Waals surface area contributed by atoms with E-state index in [-0.39, 0.29) is 6.09 Å². The fourth-order valence-electron chi connectivity index (χ4n) is 1.80. The van der Waals surface area contributed by atoms with Crippen LogP contribution in [0.2, 0.25) is 0 Å². The molecule has 0 fully saturated rings. The van der Waals surface area contributed by atoms with E-state index in [1.807, 2.05) is 30.3 Å². The van der Waals surface area contributed by atoms with Crippen molar-refractivity contribution < 1.29 is 9.53 Å². The number of unbranched alkanes of at least 4 members (excludes halogenated alkanes) is 5. The summed E-state index contributed by atoms with van der Waals surface area (Å²) in [7, 11) is 0. The molecular weight excluding hydrogens is 238 g/mol. The molecule has 1 amide bonds. The van der Waals surface area contributed by atoms with Gasteiger partial charge in [0, 0.05) is 6.54 Å². The van der Waals surface area contributed by atoms with Gasteiger partial charge in [0.2, 0.25) is 0 Å². The predicted molar refractivity (Wildman–Crippen MR) is 77.7 cm³/mol. The van der Waals surface area contributed by atoms with Crippen molar-refractivity contribution in [2.45, 2.75) is 45.1 Å². The number of ether oxygens (including phenoxy) is 1. The molecule has 0 saturated heterocycles. The molecule has 0 bridgehead atoms. The van der Waals surface area contributed by atoms with Crippen LogP contribution in [0.3, 0.4) is 0 Å². The minimum atomic E-state index is -0.332. The Morgan fingerprint density at radius 3 is 2.47 bits per heavy atom. The van der Waals surface area contributed by atoms with E-state index in [4.69, 9.17) is 4.74 Å². The molecule has 0 aliphatic heterocycles. The van der Waals surface area contributed by atoms with Gasteiger partial charge in [-0.2, -0.15) is 0 Å². The highest BCUT2D eigenvalue weighted by atomic mass is 16.5. The molecule has 0 saturated carbocycles. The van der Waals surface area contributed by atoms with E-state index in [0.717, 1.165) is 24.8 Å². The second-order valence-corrected chi connectivity index (χ2v) is 4.61. The lowest BCUT2D eigenvalue weighted by atomic mass is 10.1. The number of benzene rings is 1. The second-order valence-electron chi connectivity index (χ2n) is 4.61. The Hall–Kier alpha value is -1.51. The van der Waals surface area contributed by atoms with E-state index < -0.39 is 0 Å². The largest absolute Gasteiger partial charge is 0.445 e. The molecule has 105 valence electrons. The zero-order valence-corrected chi connectivity index (χ0v) is 11.6. The number of nitrogens with one attached hydrogen (secondary N) is 1. The van der Waals surface area contributed by atoms with Gasteiger partial charge in [-0.25, -0.2) is 4.79 Å². The molecule has 0 aromatic heterocycles. The number of alkyl carbamates (subject to hydrolysis) is 1.